The highest BCUT2D eigenvalue weighted by Crippen LogP contribution is 2.32. The van der Waals surface area contributed by atoms with Crippen LogP contribution in [-0.2, 0) is 6.42 Å². The Balaban J connectivity index is 1.85. The van der Waals surface area contributed by atoms with Crippen LogP contribution in [0.15, 0.2) is 60.8 Å². The summed E-state index contributed by atoms with van der Waals surface area (Å²) >= 11 is 0. The summed E-state index contributed by atoms with van der Waals surface area (Å²) in [6.45, 7) is 0.745. The van der Waals surface area contributed by atoms with E-state index in [2.05, 4.69) is 52.4 Å². The Morgan fingerprint density at radius 3 is 2.71 bits per heavy atom. The van der Waals surface area contributed by atoms with Crippen LogP contribution in [0.2, 0.25) is 0 Å². The molecule has 4 aromatic rings. The predicted molar refractivity (Wildman–Crippen MR) is 101 cm³/mol. The number of unbranched alkanes of at least 4 members (excludes halogenated alkanes) is 1. The number of rotatable bonds is 5. The predicted octanol–water partition coefficient (Wildman–Crippen LogP) is 4.66. The van der Waals surface area contributed by atoms with Crippen LogP contribution in [0.25, 0.3) is 33.1 Å². The van der Waals surface area contributed by atoms with E-state index < -0.39 is 0 Å². The number of para-hydroxylation sites is 2. The first-order chi connectivity index (χ1) is 11.9. The van der Waals surface area contributed by atoms with Crippen LogP contribution < -0.4 is 5.73 Å². The number of pyridine rings is 1. The first-order valence-corrected chi connectivity index (χ1v) is 8.51. The maximum atomic E-state index is 5.67. The molecular weight excluding hydrogens is 294 g/mol. The van der Waals surface area contributed by atoms with Crippen molar-refractivity contribution in [2.75, 3.05) is 6.54 Å². The highest BCUT2D eigenvalue weighted by atomic mass is 14.7. The van der Waals surface area contributed by atoms with E-state index in [0.717, 1.165) is 36.9 Å². The third-order valence-electron chi connectivity index (χ3n) is 4.57. The van der Waals surface area contributed by atoms with E-state index in [4.69, 9.17) is 5.73 Å². The second-order valence-corrected chi connectivity index (χ2v) is 6.19. The number of hydrogen-bond acceptors (Lipinski definition) is 2. The van der Waals surface area contributed by atoms with Crippen molar-refractivity contribution in [1.82, 2.24) is 9.97 Å². The van der Waals surface area contributed by atoms with Gasteiger partial charge < -0.3 is 10.7 Å². The Bertz CT molecular complexity index is 985. The lowest BCUT2D eigenvalue weighted by Gasteiger charge is -2.06. The molecule has 3 nitrogen and oxygen atoms in total. The van der Waals surface area contributed by atoms with E-state index in [1.54, 1.807) is 0 Å². The number of nitrogens with one attached hydrogen (secondary N) is 1. The summed E-state index contributed by atoms with van der Waals surface area (Å²) in [5, 5.41) is 2.47. The molecule has 0 saturated heterocycles. The molecule has 0 saturated carbocycles. The second kappa shape index (κ2) is 6.46. The van der Waals surface area contributed by atoms with Gasteiger partial charge in [-0.1, -0.05) is 36.4 Å². The first kappa shape index (κ1) is 14.9. The molecule has 4 rings (SSSR count). The Labute approximate surface area is 141 Å². The molecule has 2 aromatic heterocycles. The van der Waals surface area contributed by atoms with Crippen molar-refractivity contribution < 1.29 is 0 Å². The van der Waals surface area contributed by atoms with Gasteiger partial charge in [-0.05, 0) is 49.6 Å². The standard InChI is InChI=1S/C21H21N3/c22-12-6-5-9-18-17-8-2-4-11-20(17)24-21(18)16-13-15-7-1-3-10-19(15)23-14-16/h1-4,7-8,10-11,13-14,24H,5-6,9,12,22H2. The van der Waals surface area contributed by atoms with Crippen LogP contribution in [0.3, 0.4) is 0 Å². The zero-order valence-electron chi connectivity index (χ0n) is 13.6. The molecule has 0 aliphatic heterocycles. The highest BCUT2D eigenvalue weighted by Gasteiger charge is 2.13. The van der Waals surface area contributed by atoms with Crippen LogP contribution in [0.1, 0.15) is 18.4 Å². The smallest absolute Gasteiger partial charge is 0.0702 e. The van der Waals surface area contributed by atoms with Crippen LogP contribution in [0.4, 0.5) is 0 Å². The molecule has 0 amide bonds. The van der Waals surface area contributed by atoms with Crippen LogP contribution >= 0.6 is 0 Å². The van der Waals surface area contributed by atoms with Crippen molar-refractivity contribution >= 4 is 21.8 Å². The summed E-state index contributed by atoms with van der Waals surface area (Å²) in [7, 11) is 0. The van der Waals surface area contributed by atoms with E-state index in [1.165, 1.54) is 27.5 Å². The van der Waals surface area contributed by atoms with Gasteiger partial charge in [0.15, 0.2) is 0 Å². The SMILES string of the molecule is NCCCCc1c(-c2cnc3ccccc3c2)[nH]c2ccccc12. The fourth-order valence-corrected chi connectivity index (χ4v) is 3.36. The summed E-state index contributed by atoms with van der Waals surface area (Å²) in [6.07, 6.45) is 5.16. The third kappa shape index (κ3) is 2.68. The molecule has 3 heteroatoms. The number of aryl methyl sites for hydroxylation is 1. The number of aromatic nitrogens is 2. The molecule has 0 spiro atoms. The number of benzene rings is 2. The fourth-order valence-electron chi connectivity index (χ4n) is 3.36. The van der Waals surface area contributed by atoms with Crippen molar-refractivity contribution in [1.29, 1.82) is 0 Å². The number of H-pyrrole nitrogens is 1. The lowest BCUT2D eigenvalue weighted by atomic mass is 10.0. The quantitative estimate of drug-likeness (QED) is 0.526. The van der Waals surface area contributed by atoms with Crippen LogP contribution in [0, 0.1) is 0 Å². The van der Waals surface area contributed by atoms with E-state index in [1.807, 2.05) is 18.3 Å². The van der Waals surface area contributed by atoms with E-state index >= 15 is 0 Å². The summed E-state index contributed by atoms with van der Waals surface area (Å²) < 4.78 is 0. The van der Waals surface area contributed by atoms with E-state index in [-0.39, 0.29) is 0 Å². The Morgan fingerprint density at radius 1 is 0.958 bits per heavy atom. The maximum Gasteiger partial charge on any atom is 0.0702 e. The van der Waals surface area contributed by atoms with Crippen molar-refractivity contribution in [2.45, 2.75) is 19.3 Å². The Hall–Kier alpha value is -2.65. The van der Waals surface area contributed by atoms with Crippen LogP contribution in [-0.4, -0.2) is 16.5 Å². The minimum atomic E-state index is 0.745. The molecule has 0 unspecified atom stereocenters. The van der Waals surface area contributed by atoms with Gasteiger partial charge in [-0.2, -0.15) is 0 Å². The van der Waals surface area contributed by atoms with Crippen molar-refractivity contribution in [3.8, 4) is 11.3 Å². The van der Waals surface area contributed by atoms with Gasteiger partial charge in [-0.25, -0.2) is 0 Å². The van der Waals surface area contributed by atoms with Gasteiger partial charge in [0.05, 0.1) is 11.2 Å². The lowest BCUT2D eigenvalue weighted by molar-refractivity contribution is 0.748. The average molecular weight is 315 g/mol. The summed E-state index contributed by atoms with van der Waals surface area (Å²) in [4.78, 5) is 8.23. The van der Waals surface area contributed by atoms with Crippen LogP contribution in [0.5, 0.6) is 0 Å². The molecule has 0 aliphatic carbocycles. The molecule has 0 radical (unpaired) electrons. The summed E-state index contributed by atoms with van der Waals surface area (Å²) in [5.41, 5.74) is 11.6. The van der Waals surface area contributed by atoms with Gasteiger partial charge >= 0.3 is 0 Å². The molecule has 2 aromatic carbocycles. The molecule has 0 atom stereocenters. The molecular formula is C21H21N3. The van der Waals surface area contributed by atoms with Gasteiger partial charge in [-0.3, -0.25) is 4.98 Å². The molecule has 3 N–H and O–H groups in total. The molecule has 2 heterocycles. The van der Waals surface area contributed by atoms with Gasteiger partial charge in [0.1, 0.15) is 0 Å². The fraction of sp³-hybridized carbons (Fsp3) is 0.190. The van der Waals surface area contributed by atoms with Crippen molar-refractivity contribution in [3.05, 3.63) is 66.4 Å². The minimum absolute atomic E-state index is 0.745. The lowest BCUT2D eigenvalue weighted by Crippen LogP contribution is -1.99. The average Bonchev–Trinajstić information content (AvgIpc) is 3.00. The molecule has 120 valence electrons. The van der Waals surface area contributed by atoms with Crippen molar-refractivity contribution in [2.24, 2.45) is 5.73 Å². The van der Waals surface area contributed by atoms with Gasteiger partial charge in [-0.15, -0.1) is 0 Å². The number of fused-ring (bicyclic) bond motifs is 2. The van der Waals surface area contributed by atoms with Crippen molar-refractivity contribution in [3.63, 3.8) is 0 Å². The molecule has 0 aliphatic rings. The zero-order valence-corrected chi connectivity index (χ0v) is 13.6. The molecule has 24 heavy (non-hydrogen) atoms. The van der Waals surface area contributed by atoms with Gasteiger partial charge in [0.2, 0.25) is 0 Å². The monoisotopic (exact) mass is 315 g/mol. The maximum absolute atomic E-state index is 5.67. The number of aromatic amines is 1. The van der Waals surface area contributed by atoms with E-state index in [0.29, 0.717) is 0 Å². The topological polar surface area (TPSA) is 54.7 Å². The summed E-state index contributed by atoms with van der Waals surface area (Å²) in [6, 6.07) is 19.0. The number of nitrogens with two attached hydrogens (primary N) is 1. The van der Waals surface area contributed by atoms with Gasteiger partial charge in [0.25, 0.3) is 0 Å². The molecule has 0 bridgehead atoms. The Morgan fingerprint density at radius 2 is 1.79 bits per heavy atom. The minimum Gasteiger partial charge on any atom is -0.354 e. The third-order valence-corrected chi connectivity index (χ3v) is 4.57. The van der Waals surface area contributed by atoms with Gasteiger partial charge in [0, 0.05) is 28.0 Å². The zero-order chi connectivity index (χ0) is 16.4. The molecule has 0 fully saturated rings. The number of nitrogens with zero attached hydrogens (tertiary/aromatic N) is 1. The summed E-state index contributed by atoms with van der Waals surface area (Å²) in [5.74, 6) is 0. The highest BCUT2D eigenvalue weighted by molar-refractivity contribution is 5.92. The first-order valence-electron chi connectivity index (χ1n) is 8.51. The number of hydrogen-bond donors (Lipinski definition) is 2. The normalized spacial score (nSPS) is 11.4. The largest absolute Gasteiger partial charge is 0.354 e. The van der Waals surface area contributed by atoms with E-state index in [9.17, 15) is 0 Å². The Kier molecular flexibility index (Phi) is 4.01. The second-order valence-electron chi connectivity index (χ2n) is 6.19.